The van der Waals surface area contributed by atoms with Crippen LogP contribution in [0.5, 0.6) is 0 Å². The standard InChI is InChI=1S/C11H17N3O/c1-2-15-7-9(1)6-14-8-13-5-11(14)10-3-12-4-10/h5,8-10,12H,1-4,6-7H2. The summed E-state index contributed by atoms with van der Waals surface area (Å²) in [6.45, 7) is 5.13. The fourth-order valence-electron chi connectivity index (χ4n) is 2.33. The molecular formula is C11H17N3O. The molecule has 0 spiro atoms. The zero-order valence-corrected chi connectivity index (χ0v) is 8.85. The van der Waals surface area contributed by atoms with E-state index in [0.717, 1.165) is 32.8 Å². The number of hydrogen-bond donors (Lipinski definition) is 1. The first-order valence-electron chi connectivity index (χ1n) is 5.72. The van der Waals surface area contributed by atoms with E-state index in [9.17, 15) is 0 Å². The Morgan fingerprint density at radius 2 is 2.47 bits per heavy atom. The summed E-state index contributed by atoms with van der Waals surface area (Å²) in [6, 6.07) is 0. The molecule has 1 aromatic rings. The van der Waals surface area contributed by atoms with Gasteiger partial charge in [0, 0.05) is 50.0 Å². The van der Waals surface area contributed by atoms with Crippen molar-refractivity contribution in [2.45, 2.75) is 18.9 Å². The van der Waals surface area contributed by atoms with E-state index in [2.05, 4.69) is 14.9 Å². The third kappa shape index (κ3) is 1.79. The number of nitrogens with zero attached hydrogens (tertiary/aromatic N) is 2. The lowest BCUT2D eigenvalue weighted by Gasteiger charge is -2.28. The first-order chi connectivity index (χ1) is 7.43. The summed E-state index contributed by atoms with van der Waals surface area (Å²) in [5.74, 6) is 1.36. The highest BCUT2D eigenvalue weighted by atomic mass is 16.5. The van der Waals surface area contributed by atoms with E-state index in [4.69, 9.17) is 4.74 Å². The Morgan fingerprint density at radius 1 is 1.53 bits per heavy atom. The highest BCUT2D eigenvalue weighted by molar-refractivity contribution is 5.11. The quantitative estimate of drug-likeness (QED) is 0.789. The minimum atomic E-state index is 0.676. The third-order valence-electron chi connectivity index (χ3n) is 3.42. The van der Waals surface area contributed by atoms with E-state index < -0.39 is 0 Å². The number of aromatic nitrogens is 2. The van der Waals surface area contributed by atoms with E-state index in [1.165, 1.54) is 12.1 Å². The van der Waals surface area contributed by atoms with E-state index in [1.54, 1.807) is 0 Å². The number of imidazole rings is 1. The van der Waals surface area contributed by atoms with Gasteiger partial charge in [0.05, 0.1) is 12.9 Å². The second-order valence-corrected chi connectivity index (χ2v) is 4.56. The van der Waals surface area contributed by atoms with Crippen molar-refractivity contribution in [2.75, 3.05) is 26.3 Å². The molecule has 15 heavy (non-hydrogen) atoms. The minimum absolute atomic E-state index is 0.676. The van der Waals surface area contributed by atoms with Gasteiger partial charge < -0.3 is 14.6 Å². The van der Waals surface area contributed by atoms with Gasteiger partial charge in [0.1, 0.15) is 0 Å². The number of hydrogen-bond acceptors (Lipinski definition) is 3. The predicted octanol–water partition coefficient (Wildman–Crippen LogP) is 0.606. The molecule has 1 atom stereocenters. The molecule has 0 radical (unpaired) electrons. The Bertz CT molecular complexity index is 326. The average molecular weight is 207 g/mol. The van der Waals surface area contributed by atoms with Gasteiger partial charge in [-0.3, -0.25) is 0 Å². The Labute approximate surface area is 89.6 Å². The largest absolute Gasteiger partial charge is 0.381 e. The van der Waals surface area contributed by atoms with Crippen LogP contribution in [0.3, 0.4) is 0 Å². The molecule has 0 aromatic carbocycles. The second kappa shape index (κ2) is 3.94. The summed E-state index contributed by atoms with van der Waals surface area (Å²) in [5.41, 5.74) is 1.39. The number of nitrogens with one attached hydrogen (secondary N) is 1. The van der Waals surface area contributed by atoms with Crippen LogP contribution in [0.4, 0.5) is 0 Å². The predicted molar refractivity (Wildman–Crippen MR) is 56.8 cm³/mol. The molecule has 3 rings (SSSR count). The first kappa shape index (κ1) is 9.36. The van der Waals surface area contributed by atoms with Gasteiger partial charge in [-0.05, 0) is 6.42 Å². The molecule has 4 heteroatoms. The Hall–Kier alpha value is -0.870. The SMILES string of the molecule is c1ncn(CC2CCOC2)c1C1CNC1. The molecule has 4 nitrogen and oxygen atoms in total. The topological polar surface area (TPSA) is 39.1 Å². The minimum Gasteiger partial charge on any atom is -0.381 e. The van der Waals surface area contributed by atoms with Gasteiger partial charge in [0.25, 0.3) is 0 Å². The fourth-order valence-corrected chi connectivity index (χ4v) is 2.33. The summed E-state index contributed by atoms with van der Waals surface area (Å²) >= 11 is 0. The lowest BCUT2D eigenvalue weighted by atomic mass is 9.99. The van der Waals surface area contributed by atoms with Crippen LogP contribution in [0.15, 0.2) is 12.5 Å². The van der Waals surface area contributed by atoms with Gasteiger partial charge in [-0.15, -0.1) is 0 Å². The van der Waals surface area contributed by atoms with Crippen LogP contribution in [0, 0.1) is 5.92 Å². The first-order valence-corrected chi connectivity index (χ1v) is 5.72. The van der Waals surface area contributed by atoms with Crippen LogP contribution in [0.1, 0.15) is 18.0 Å². The normalized spacial score (nSPS) is 26.8. The zero-order valence-electron chi connectivity index (χ0n) is 8.85. The summed E-state index contributed by atoms with van der Waals surface area (Å²) in [7, 11) is 0. The van der Waals surface area contributed by atoms with Crippen molar-refractivity contribution in [1.82, 2.24) is 14.9 Å². The van der Waals surface area contributed by atoms with Gasteiger partial charge in [-0.25, -0.2) is 4.98 Å². The monoisotopic (exact) mass is 207 g/mol. The summed E-state index contributed by atoms with van der Waals surface area (Å²) < 4.78 is 7.71. The summed E-state index contributed by atoms with van der Waals surface area (Å²) in [6.07, 6.45) is 5.17. The molecule has 2 fully saturated rings. The van der Waals surface area contributed by atoms with Crippen LogP contribution in [-0.4, -0.2) is 35.9 Å². The second-order valence-electron chi connectivity index (χ2n) is 4.56. The molecule has 0 saturated carbocycles. The summed E-state index contributed by atoms with van der Waals surface area (Å²) in [4.78, 5) is 4.26. The molecule has 0 amide bonds. The molecular weight excluding hydrogens is 190 g/mol. The van der Waals surface area contributed by atoms with Crippen molar-refractivity contribution in [3.05, 3.63) is 18.2 Å². The molecule has 82 valence electrons. The van der Waals surface area contributed by atoms with Crippen LogP contribution in [0.25, 0.3) is 0 Å². The van der Waals surface area contributed by atoms with Gasteiger partial charge in [0.15, 0.2) is 0 Å². The molecule has 2 aliphatic heterocycles. The maximum atomic E-state index is 5.40. The van der Waals surface area contributed by atoms with Crippen molar-refractivity contribution in [1.29, 1.82) is 0 Å². The fraction of sp³-hybridized carbons (Fsp3) is 0.727. The molecule has 0 aliphatic carbocycles. The number of rotatable bonds is 3. The molecule has 2 saturated heterocycles. The molecule has 1 aromatic heterocycles. The third-order valence-corrected chi connectivity index (χ3v) is 3.42. The van der Waals surface area contributed by atoms with Crippen molar-refractivity contribution in [3.8, 4) is 0 Å². The lowest BCUT2D eigenvalue weighted by Crippen LogP contribution is -2.41. The maximum absolute atomic E-state index is 5.40. The average Bonchev–Trinajstić information content (AvgIpc) is 2.76. The van der Waals surface area contributed by atoms with Crippen LogP contribution < -0.4 is 5.32 Å². The Morgan fingerprint density at radius 3 is 3.13 bits per heavy atom. The molecule has 0 bridgehead atoms. The Balaban J connectivity index is 1.70. The molecule has 2 aliphatic rings. The Kier molecular flexibility index (Phi) is 2.46. The highest BCUT2D eigenvalue weighted by Crippen LogP contribution is 2.22. The van der Waals surface area contributed by atoms with E-state index in [1.807, 2.05) is 12.5 Å². The number of ether oxygens (including phenoxy) is 1. The van der Waals surface area contributed by atoms with Crippen molar-refractivity contribution in [3.63, 3.8) is 0 Å². The maximum Gasteiger partial charge on any atom is 0.0948 e. The molecule has 3 heterocycles. The lowest BCUT2D eigenvalue weighted by molar-refractivity contribution is 0.182. The van der Waals surface area contributed by atoms with Gasteiger partial charge in [-0.1, -0.05) is 0 Å². The highest BCUT2D eigenvalue weighted by Gasteiger charge is 2.24. The zero-order chi connectivity index (χ0) is 10.1. The van der Waals surface area contributed by atoms with Crippen molar-refractivity contribution in [2.24, 2.45) is 5.92 Å². The van der Waals surface area contributed by atoms with E-state index in [0.29, 0.717) is 11.8 Å². The van der Waals surface area contributed by atoms with Crippen LogP contribution in [-0.2, 0) is 11.3 Å². The summed E-state index contributed by atoms with van der Waals surface area (Å²) in [5, 5.41) is 3.30. The van der Waals surface area contributed by atoms with Gasteiger partial charge >= 0.3 is 0 Å². The smallest absolute Gasteiger partial charge is 0.0948 e. The van der Waals surface area contributed by atoms with Crippen molar-refractivity contribution < 1.29 is 4.74 Å². The van der Waals surface area contributed by atoms with E-state index >= 15 is 0 Å². The van der Waals surface area contributed by atoms with E-state index in [-0.39, 0.29) is 0 Å². The molecule has 1 N–H and O–H groups in total. The van der Waals surface area contributed by atoms with Gasteiger partial charge in [-0.2, -0.15) is 0 Å². The van der Waals surface area contributed by atoms with Gasteiger partial charge in [0.2, 0.25) is 0 Å². The van der Waals surface area contributed by atoms with Crippen LogP contribution >= 0.6 is 0 Å². The van der Waals surface area contributed by atoms with Crippen molar-refractivity contribution >= 4 is 0 Å². The molecule has 1 unspecified atom stereocenters. The van der Waals surface area contributed by atoms with Crippen LogP contribution in [0.2, 0.25) is 0 Å².